The smallest absolute Gasteiger partial charge is 0.237 e. The second-order valence-corrected chi connectivity index (χ2v) is 7.71. The Bertz CT molecular complexity index is 874. The van der Waals surface area contributed by atoms with Crippen molar-refractivity contribution in [2.24, 2.45) is 0 Å². The SMILES string of the molecule is CC(Sc1nccn1-c1ccccc1)C(=O)Nc1ccccc1C(C)C. The summed E-state index contributed by atoms with van der Waals surface area (Å²) in [5.74, 6) is 0.331. The van der Waals surface area contributed by atoms with Crippen LogP contribution in [0.5, 0.6) is 0 Å². The Hall–Kier alpha value is -2.53. The van der Waals surface area contributed by atoms with E-state index in [1.54, 1.807) is 6.20 Å². The van der Waals surface area contributed by atoms with E-state index in [4.69, 9.17) is 0 Å². The maximum Gasteiger partial charge on any atom is 0.237 e. The predicted octanol–water partition coefficient (Wildman–Crippen LogP) is 5.12. The average molecular weight is 366 g/mol. The van der Waals surface area contributed by atoms with Gasteiger partial charge in [-0.05, 0) is 36.6 Å². The van der Waals surface area contributed by atoms with Crippen LogP contribution in [0.3, 0.4) is 0 Å². The van der Waals surface area contributed by atoms with Crippen molar-refractivity contribution < 1.29 is 4.79 Å². The normalized spacial score (nSPS) is 12.2. The van der Waals surface area contributed by atoms with Crippen LogP contribution in [0.1, 0.15) is 32.3 Å². The monoisotopic (exact) mass is 365 g/mol. The van der Waals surface area contributed by atoms with Gasteiger partial charge in [-0.1, -0.05) is 62.0 Å². The second kappa shape index (κ2) is 8.23. The first kappa shape index (κ1) is 18.3. The summed E-state index contributed by atoms with van der Waals surface area (Å²) in [6.45, 7) is 6.15. The van der Waals surface area contributed by atoms with E-state index in [9.17, 15) is 4.79 Å². The lowest BCUT2D eigenvalue weighted by Crippen LogP contribution is -2.23. The maximum atomic E-state index is 12.7. The second-order valence-electron chi connectivity index (χ2n) is 6.41. The molecular formula is C21H23N3OS. The molecule has 1 unspecified atom stereocenters. The van der Waals surface area contributed by atoms with Crippen LogP contribution in [-0.2, 0) is 4.79 Å². The number of rotatable bonds is 6. The zero-order valence-electron chi connectivity index (χ0n) is 15.2. The highest BCUT2D eigenvalue weighted by Gasteiger charge is 2.19. The number of amides is 1. The largest absolute Gasteiger partial charge is 0.325 e. The number of nitrogens with zero attached hydrogens (tertiary/aromatic N) is 2. The van der Waals surface area contributed by atoms with Crippen molar-refractivity contribution in [2.45, 2.75) is 37.1 Å². The Morgan fingerprint density at radius 1 is 1.04 bits per heavy atom. The molecule has 1 aromatic heterocycles. The number of carbonyl (C=O) groups is 1. The zero-order valence-corrected chi connectivity index (χ0v) is 16.0. The van der Waals surface area contributed by atoms with Gasteiger partial charge in [0.15, 0.2) is 5.16 Å². The number of para-hydroxylation sites is 2. The van der Waals surface area contributed by atoms with Crippen LogP contribution in [0.15, 0.2) is 72.1 Å². The first-order chi connectivity index (χ1) is 12.6. The minimum absolute atomic E-state index is 0.0225. The topological polar surface area (TPSA) is 46.9 Å². The first-order valence-electron chi connectivity index (χ1n) is 8.71. The molecule has 1 atom stereocenters. The molecule has 0 spiro atoms. The van der Waals surface area contributed by atoms with Crippen molar-refractivity contribution >= 4 is 23.4 Å². The number of aromatic nitrogens is 2. The zero-order chi connectivity index (χ0) is 18.5. The van der Waals surface area contributed by atoms with Crippen LogP contribution >= 0.6 is 11.8 Å². The van der Waals surface area contributed by atoms with E-state index >= 15 is 0 Å². The van der Waals surface area contributed by atoms with Crippen molar-refractivity contribution in [1.29, 1.82) is 0 Å². The third-order valence-electron chi connectivity index (χ3n) is 4.13. The van der Waals surface area contributed by atoms with E-state index < -0.39 is 0 Å². The Balaban J connectivity index is 1.73. The van der Waals surface area contributed by atoms with Crippen molar-refractivity contribution in [1.82, 2.24) is 9.55 Å². The van der Waals surface area contributed by atoms with Gasteiger partial charge in [-0.15, -0.1) is 0 Å². The van der Waals surface area contributed by atoms with Crippen molar-refractivity contribution in [3.05, 3.63) is 72.6 Å². The molecule has 1 heterocycles. The number of imidazole rings is 1. The van der Waals surface area contributed by atoms with Gasteiger partial charge in [-0.2, -0.15) is 0 Å². The van der Waals surface area contributed by atoms with Crippen molar-refractivity contribution in [2.75, 3.05) is 5.32 Å². The third-order valence-corrected chi connectivity index (χ3v) is 5.21. The fraction of sp³-hybridized carbons (Fsp3) is 0.238. The molecule has 0 saturated heterocycles. The predicted molar refractivity (Wildman–Crippen MR) is 108 cm³/mol. The van der Waals surface area contributed by atoms with Gasteiger partial charge in [0.1, 0.15) is 0 Å². The summed E-state index contributed by atoms with van der Waals surface area (Å²) in [5.41, 5.74) is 3.06. The van der Waals surface area contributed by atoms with E-state index in [0.29, 0.717) is 5.92 Å². The summed E-state index contributed by atoms with van der Waals surface area (Å²) in [7, 11) is 0. The van der Waals surface area contributed by atoms with Gasteiger partial charge in [0.25, 0.3) is 0 Å². The molecule has 0 aliphatic rings. The van der Waals surface area contributed by atoms with Crippen LogP contribution in [0.4, 0.5) is 5.69 Å². The Morgan fingerprint density at radius 2 is 1.73 bits per heavy atom. The number of thioether (sulfide) groups is 1. The fourth-order valence-corrected chi connectivity index (χ4v) is 3.61. The number of benzene rings is 2. The minimum Gasteiger partial charge on any atom is -0.325 e. The molecular weight excluding hydrogens is 342 g/mol. The summed E-state index contributed by atoms with van der Waals surface area (Å²) in [6, 6.07) is 18.0. The molecule has 0 bridgehead atoms. The molecule has 0 radical (unpaired) electrons. The molecule has 2 aromatic carbocycles. The number of nitrogens with one attached hydrogen (secondary N) is 1. The molecule has 0 aliphatic heterocycles. The van der Waals surface area contributed by atoms with Gasteiger partial charge in [0, 0.05) is 23.8 Å². The highest BCUT2D eigenvalue weighted by atomic mass is 32.2. The standard InChI is InChI=1S/C21H23N3OS/c1-15(2)18-11-7-8-12-19(18)23-20(25)16(3)26-21-22-13-14-24(21)17-9-5-4-6-10-17/h4-16H,1-3H3,(H,23,25). The molecule has 4 nitrogen and oxygen atoms in total. The lowest BCUT2D eigenvalue weighted by Gasteiger charge is -2.16. The molecule has 3 rings (SSSR count). The van der Waals surface area contributed by atoms with E-state index in [0.717, 1.165) is 22.1 Å². The molecule has 0 aliphatic carbocycles. The van der Waals surface area contributed by atoms with E-state index in [1.165, 1.54) is 11.8 Å². The molecule has 26 heavy (non-hydrogen) atoms. The van der Waals surface area contributed by atoms with Gasteiger partial charge < -0.3 is 5.32 Å². The maximum absolute atomic E-state index is 12.7. The number of hydrogen-bond acceptors (Lipinski definition) is 3. The summed E-state index contributed by atoms with van der Waals surface area (Å²) in [5, 5.41) is 3.60. The molecule has 0 saturated carbocycles. The van der Waals surface area contributed by atoms with Crippen LogP contribution in [0.25, 0.3) is 5.69 Å². The molecule has 1 amide bonds. The Morgan fingerprint density at radius 3 is 2.46 bits per heavy atom. The Labute approximate surface area is 158 Å². The highest BCUT2D eigenvalue weighted by molar-refractivity contribution is 8.00. The number of anilines is 1. The lowest BCUT2D eigenvalue weighted by atomic mass is 10.0. The summed E-state index contributed by atoms with van der Waals surface area (Å²) >= 11 is 1.45. The van der Waals surface area contributed by atoms with Crippen LogP contribution in [0, 0.1) is 0 Å². The third kappa shape index (κ3) is 4.17. The van der Waals surface area contributed by atoms with Gasteiger partial charge in [-0.3, -0.25) is 9.36 Å². The summed E-state index contributed by atoms with van der Waals surface area (Å²) in [4.78, 5) is 17.1. The van der Waals surface area contributed by atoms with E-state index in [2.05, 4.69) is 30.2 Å². The number of carbonyl (C=O) groups excluding carboxylic acids is 1. The van der Waals surface area contributed by atoms with Crippen LogP contribution in [-0.4, -0.2) is 20.7 Å². The molecule has 1 N–H and O–H groups in total. The first-order valence-corrected chi connectivity index (χ1v) is 9.59. The molecule has 0 fully saturated rings. The lowest BCUT2D eigenvalue weighted by molar-refractivity contribution is -0.115. The molecule has 5 heteroatoms. The van der Waals surface area contributed by atoms with Gasteiger partial charge in [0.2, 0.25) is 5.91 Å². The molecule has 134 valence electrons. The van der Waals surface area contributed by atoms with Crippen LogP contribution in [0.2, 0.25) is 0 Å². The number of hydrogen-bond donors (Lipinski definition) is 1. The Kier molecular flexibility index (Phi) is 5.78. The summed E-state index contributed by atoms with van der Waals surface area (Å²) < 4.78 is 2.00. The van der Waals surface area contributed by atoms with E-state index in [1.807, 2.05) is 66.2 Å². The van der Waals surface area contributed by atoms with Gasteiger partial charge in [0.05, 0.1) is 5.25 Å². The van der Waals surface area contributed by atoms with Crippen LogP contribution < -0.4 is 5.32 Å². The summed E-state index contributed by atoms with van der Waals surface area (Å²) in [6.07, 6.45) is 3.67. The van der Waals surface area contributed by atoms with Gasteiger partial charge in [-0.25, -0.2) is 4.98 Å². The van der Waals surface area contributed by atoms with Gasteiger partial charge >= 0.3 is 0 Å². The fourth-order valence-electron chi connectivity index (χ4n) is 2.72. The quantitative estimate of drug-likeness (QED) is 0.617. The average Bonchev–Trinajstić information content (AvgIpc) is 3.10. The van der Waals surface area contributed by atoms with Crippen molar-refractivity contribution in [3.8, 4) is 5.69 Å². The minimum atomic E-state index is -0.264. The molecule has 3 aromatic rings. The van der Waals surface area contributed by atoms with Crippen molar-refractivity contribution in [3.63, 3.8) is 0 Å². The van der Waals surface area contributed by atoms with E-state index in [-0.39, 0.29) is 11.2 Å². The highest BCUT2D eigenvalue weighted by Crippen LogP contribution is 2.27.